The van der Waals surface area contributed by atoms with Crippen molar-refractivity contribution in [2.75, 3.05) is 13.7 Å². The van der Waals surface area contributed by atoms with E-state index in [1.165, 1.54) is 0 Å². The molecule has 1 heterocycles. The number of amides is 2. The lowest BCUT2D eigenvalue weighted by Gasteiger charge is -2.48. The van der Waals surface area contributed by atoms with Crippen LogP contribution in [0.5, 0.6) is 0 Å². The summed E-state index contributed by atoms with van der Waals surface area (Å²) in [4.78, 5) is 26.9. The monoisotopic (exact) mass is 284 g/mol. The number of hydrogen-bond acceptors (Lipinski definition) is 3. The number of nitrogens with zero attached hydrogens (tertiary/aromatic N) is 1. The van der Waals surface area contributed by atoms with Crippen molar-refractivity contribution in [2.45, 2.75) is 65.1 Å². The Balaban J connectivity index is 3.14. The number of hydrogen-bond donors (Lipinski definition) is 1. The molecule has 1 rings (SSSR count). The third-order valence-electron chi connectivity index (χ3n) is 3.76. The Morgan fingerprint density at radius 1 is 1.35 bits per heavy atom. The van der Waals surface area contributed by atoms with Gasteiger partial charge in [-0.3, -0.25) is 9.59 Å². The second-order valence-electron chi connectivity index (χ2n) is 6.49. The number of nitrogens with one attached hydrogen (secondary N) is 1. The highest BCUT2D eigenvalue weighted by Gasteiger charge is 2.47. The molecule has 0 bridgehead atoms. The van der Waals surface area contributed by atoms with E-state index in [0.29, 0.717) is 13.0 Å². The van der Waals surface area contributed by atoms with Gasteiger partial charge >= 0.3 is 0 Å². The number of ether oxygens (including phenoxy) is 1. The summed E-state index contributed by atoms with van der Waals surface area (Å²) in [6, 6.07) is -0.834. The zero-order valence-electron chi connectivity index (χ0n) is 13.5. The van der Waals surface area contributed by atoms with Crippen LogP contribution in [0, 0.1) is 5.92 Å². The predicted octanol–water partition coefficient (Wildman–Crippen LogP) is 1.56. The van der Waals surface area contributed by atoms with Gasteiger partial charge in [-0.25, -0.2) is 0 Å². The maximum absolute atomic E-state index is 12.8. The molecule has 1 N–H and O–H groups in total. The molecule has 2 atom stereocenters. The summed E-state index contributed by atoms with van der Waals surface area (Å²) < 4.78 is 5.24. The average molecular weight is 284 g/mol. The average Bonchev–Trinajstić information content (AvgIpc) is 2.32. The fourth-order valence-electron chi connectivity index (χ4n) is 2.92. The van der Waals surface area contributed by atoms with Crippen LogP contribution < -0.4 is 5.32 Å². The van der Waals surface area contributed by atoms with Crippen LogP contribution in [0.2, 0.25) is 0 Å². The van der Waals surface area contributed by atoms with Gasteiger partial charge < -0.3 is 15.0 Å². The van der Waals surface area contributed by atoms with Gasteiger partial charge in [0, 0.05) is 7.11 Å². The van der Waals surface area contributed by atoms with E-state index in [1.54, 1.807) is 12.0 Å². The van der Waals surface area contributed by atoms with E-state index in [9.17, 15) is 9.59 Å². The van der Waals surface area contributed by atoms with Gasteiger partial charge in [-0.2, -0.15) is 0 Å². The fraction of sp³-hybridized carbons (Fsp3) is 0.867. The van der Waals surface area contributed by atoms with E-state index in [1.807, 2.05) is 34.6 Å². The van der Waals surface area contributed by atoms with Gasteiger partial charge in [-0.1, -0.05) is 27.2 Å². The van der Waals surface area contributed by atoms with Crippen LogP contribution in [0.15, 0.2) is 0 Å². The quantitative estimate of drug-likeness (QED) is 0.805. The molecule has 1 aliphatic rings. The van der Waals surface area contributed by atoms with E-state index >= 15 is 0 Å². The van der Waals surface area contributed by atoms with Crippen LogP contribution in [0.1, 0.15) is 47.5 Å². The van der Waals surface area contributed by atoms with Gasteiger partial charge in [0.15, 0.2) is 0 Å². The summed E-state index contributed by atoms with van der Waals surface area (Å²) in [5.41, 5.74) is -0.496. The molecule has 0 aliphatic carbocycles. The summed E-state index contributed by atoms with van der Waals surface area (Å²) >= 11 is 0. The Bertz CT molecular complexity index is 366. The largest absolute Gasteiger partial charge is 0.382 e. The van der Waals surface area contributed by atoms with E-state index in [4.69, 9.17) is 4.74 Å². The summed E-state index contributed by atoms with van der Waals surface area (Å²) in [5.74, 6) is 0.0204. The Morgan fingerprint density at radius 3 is 2.40 bits per heavy atom. The number of carbonyl (C=O) groups is 2. The lowest BCUT2D eigenvalue weighted by Crippen LogP contribution is -2.70. The van der Waals surface area contributed by atoms with Gasteiger partial charge in [0.25, 0.3) is 0 Å². The summed E-state index contributed by atoms with van der Waals surface area (Å²) in [6.45, 7) is 10.3. The first-order valence-corrected chi connectivity index (χ1v) is 7.38. The van der Waals surface area contributed by atoms with Crippen molar-refractivity contribution in [3.8, 4) is 0 Å². The molecular formula is C15H28N2O3. The molecular weight excluding hydrogens is 256 g/mol. The van der Waals surface area contributed by atoms with Crippen molar-refractivity contribution in [2.24, 2.45) is 5.92 Å². The molecule has 5 nitrogen and oxygen atoms in total. The Hall–Kier alpha value is -1.10. The number of methoxy groups -OCH3 is 1. The highest BCUT2D eigenvalue weighted by atomic mass is 16.5. The van der Waals surface area contributed by atoms with Gasteiger partial charge in [0.05, 0.1) is 12.1 Å². The molecule has 1 saturated heterocycles. The van der Waals surface area contributed by atoms with Crippen LogP contribution in [0.25, 0.3) is 0 Å². The van der Waals surface area contributed by atoms with Gasteiger partial charge in [0.1, 0.15) is 12.1 Å². The SMILES string of the molecule is CCCC1NC(=O)C(C(C)C)N(C(C)(C)COC)C1=O. The molecule has 5 heteroatoms. The molecule has 2 amide bonds. The second-order valence-corrected chi connectivity index (χ2v) is 6.49. The van der Waals surface area contributed by atoms with E-state index in [0.717, 1.165) is 6.42 Å². The molecule has 1 aliphatic heterocycles. The minimum absolute atomic E-state index is 0.00667. The van der Waals surface area contributed by atoms with Crippen LogP contribution in [-0.2, 0) is 14.3 Å². The Labute approximate surface area is 122 Å². The smallest absolute Gasteiger partial charge is 0.246 e. The lowest BCUT2D eigenvalue weighted by molar-refractivity contribution is -0.160. The predicted molar refractivity (Wildman–Crippen MR) is 78.3 cm³/mol. The summed E-state index contributed by atoms with van der Waals surface area (Å²) in [5, 5.41) is 2.87. The maximum Gasteiger partial charge on any atom is 0.246 e. The zero-order chi connectivity index (χ0) is 15.5. The minimum atomic E-state index is -0.496. The Kier molecular flexibility index (Phi) is 5.57. The standard InChI is InChI=1S/C15H28N2O3/c1-7-8-11-14(19)17(15(4,5)9-20-6)12(10(2)3)13(18)16-11/h10-12H,7-9H2,1-6H3,(H,16,18). The zero-order valence-corrected chi connectivity index (χ0v) is 13.5. The van der Waals surface area contributed by atoms with Crippen LogP contribution in [0.4, 0.5) is 0 Å². The number of rotatable bonds is 6. The molecule has 116 valence electrons. The van der Waals surface area contributed by atoms with Gasteiger partial charge in [0.2, 0.25) is 11.8 Å². The molecule has 0 saturated carbocycles. The van der Waals surface area contributed by atoms with E-state index < -0.39 is 17.6 Å². The third kappa shape index (κ3) is 3.32. The fourth-order valence-corrected chi connectivity index (χ4v) is 2.92. The van der Waals surface area contributed by atoms with Crippen molar-refractivity contribution < 1.29 is 14.3 Å². The summed E-state index contributed by atoms with van der Waals surface area (Å²) in [6.07, 6.45) is 1.54. The topological polar surface area (TPSA) is 58.6 Å². The first-order valence-electron chi connectivity index (χ1n) is 7.38. The van der Waals surface area contributed by atoms with Crippen molar-refractivity contribution in [1.29, 1.82) is 0 Å². The molecule has 0 aromatic rings. The summed E-state index contributed by atoms with van der Waals surface area (Å²) in [7, 11) is 1.62. The molecule has 1 fully saturated rings. The van der Waals surface area contributed by atoms with E-state index in [-0.39, 0.29) is 17.7 Å². The van der Waals surface area contributed by atoms with Crippen molar-refractivity contribution in [3.05, 3.63) is 0 Å². The molecule has 0 radical (unpaired) electrons. The van der Waals surface area contributed by atoms with Crippen molar-refractivity contribution >= 4 is 11.8 Å². The maximum atomic E-state index is 12.8. The van der Waals surface area contributed by atoms with Crippen LogP contribution >= 0.6 is 0 Å². The van der Waals surface area contributed by atoms with Crippen LogP contribution in [0.3, 0.4) is 0 Å². The normalized spacial score (nSPS) is 24.2. The highest BCUT2D eigenvalue weighted by Crippen LogP contribution is 2.27. The minimum Gasteiger partial charge on any atom is -0.382 e. The lowest BCUT2D eigenvalue weighted by atomic mass is 9.89. The second kappa shape index (κ2) is 6.57. The molecule has 20 heavy (non-hydrogen) atoms. The molecule has 0 aromatic heterocycles. The van der Waals surface area contributed by atoms with Crippen molar-refractivity contribution in [3.63, 3.8) is 0 Å². The molecule has 2 unspecified atom stereocenters. The van der Waals surface area contributed by atoms with Crippen molar-refractivity contribution in [1.82, 2.24) is 10.2 Å². The highest BCUT2D eigenvalue weighted by molar-refractivity contribution is 5.97. The van der Waals surface area contributed by atoms with E-state index in [2.05, 4.69) is 5.32 Å². The first-order chi connectivity index (χ1) is 9.26. The first kappa shape index (κ1) is 17.0. The molecule has 0 aromatic carbocycles. The van der Waals surface area contributed by atoms with Crippen LogP contribution in [-0.4, -0.2) is 48.1 Å². The third-order valence-corrected chi connectivity index (χ3v) is 3.76. The van der Waals surface area contributed by atoms with Gasteiger partial charge in [-0.15, -0.1) is 0 Å². The number of carbonyl (C=O) groups excluding carboxylic acids is 2. The number of piperazine rings is 1. The van der Waals surface area contributed by atoms with Gasteiger partial charge in [-0.05, 0) is 26.2 Å². The Morgan fingerprint density at radius 2 is 1.95 bits per heavy atom. The molecule has 0 spiro atoms.